The van der Waals surface area contributed by atoms with Gasteiger partial charge in [0.15, 0.2) is 0 Å². The van der Waals surface area contributed by atoms with Gasteiger partial charge in [0.25, 0.3) is 0 Å². The van der Waals surface area contributed by atoms with E-state index in [2.05, 4.69) is 27.1 Å². The average Bonchev–Trinajstić information content (AvgIpc) is 2.58. The van der Waals surface area contributed by atoms with Gasteiger partial charge >= 0.3 is 0 Å². The largest absolute Gasteiger partial charge is 0.264 e. The lowest BCUT2D eigenvalue weighted by atomic mass is 10.1. The fourth-order valence-corrected chi connectivity index (χ4v) is 1.97. The Balaban J connectivity index is 2.26. The molecule has 0 amide bonds. The average molecular weight is 290 g/mol. The number of benzene rings is 1. The molecule has 1 aromatic carbocycles. The first kappa shape index (κ1) is 11.9. The minimum absolute atomic E-state index is 0.684. The van der Waals surface area contributed by atoms with Crippen molar-refractivity contribution in [3.05, 3.63) is 51.3 Å². The van der Waals surface area contributed by atoms with E-state index in [-0.39, 0.29) is 0 Å². The van der Waals surface area contributed by atoms with Crippen molar-refractivity contribution in [2.45, 2.75) is 20.4 Å². The van der Waals surface area contributed by atoms with Crippen LogP contribution in [0.5, 0.6) is 0 Å². The summed E-state index contributed by atoms with van der Waals surface area (Å²) in [4.78, 5) is 0. The van der Waals surface area contributed by atoms with Crippen LogP contribution in [0.2, 0.25) is 0 Å². The monoisotopic (exact) mass is 289 g/mol. The van der Waals surface area contributed by atoms with Crippen molar-refractivity contribution in [3.8, 4) is 6.07 Å². The van der Waals surface area contributed by atoms with Crippen LogP contribution in [0.25, 0.3) is 0 Å². The molecule has 0 fully saturated rings. The molecule has 17 heavy (non-hydrogen) atoms. The molecule has 0 saturated carbocycles. The number of aryl methyl sites for hydroxylation is 1. The molecule has 0 unspecified atom stereocenters. The molecular weight excluding hydrogens is 278 g/mol. The molecule has 4 heteroatoms. The highest BCUT2D eigenvalue weighted by molar-refractivity contribution is 9.10. The molecule has 3 nitrogen and oxygen atoms in total. The molecule has 1 heterocycles. The van der Waals surface area contributed by atoms with Crippen LogP contribution in [0.3, 0.4) is 0 Å². The minimum atomic E-state index is 0.684. The highest BCUT2D eigenvalue weighted by atomic mass is 79.9. The first-order valence-electron chi connectivity index (χ1n) is 5.30. The summed E-state index contributed by atoms with van der Waals surface area (Å²) >= 11 is 3.51. The van der Waals surface area contributed by atoms with E-state index in [0.29, 0.717) is 5.56 Å². The predicted molar refractivity (Wildman–Crippen MR) is 69.7 cm³/mol. The van der Waals surface area contributed by atoms with Crippen LogP contribution >= 0.6 is 15.9 Å². The maximum absolute atomic E-state index is 8.73. The molecule has 0 aliphatic rings. The Hall–Kier alpha value is -1.60. The molecule has 0 radical (unpaired) electrons. The van der Waals surface area contributed by atoms with Gasteiger partial charge in [0.05, 0.1) is 34.0 Å². The molecule has 0 saturated heterocycles. The zero-order chi connectivity index (χ0) is 12.4. The smallest absolute Gasteiger partial charge is 0.0991 e. The molecule has 0 atom stereocenters. The van der Waals surface area contributed by atoms with Gasteiger partial charge in [-0.25, -0.2) is 0 Å². The van der Waals surface area contributed by atoms with Crippen molar-refractivity contribution in [1.29, 1.82) is 5.26 Å². The Bertz CT molecular complexity index is 576. The summed E-state index contributed by atoms with van der Waals surface area (Å²) < 4.78 is 3.02. The van der Waals surface area contributed by atoms with E-state index >= 15 is 0 Å². The number of aromatic nitrogens is 2. The molecule has 1 aromatic heterocycles. The molecule has 0 aliphatic carbocycles. The Kier molecular flexibility index (Phi) is 3.30. The Morgan fingerprint density at radius 2 is 1.94 bits per heavy atom. The number of hydrogen-bond donors (Lipinski definition) is 0. The minimum Gasteiger partial charge on any atom is -0.264 e. The summed E-state index contributed by atoms with van der Waals surface area (Å²) in [7, 11) is 0. The third-order valence-electron chi connectivity index (χ3n) is 2.71. The number of rotatable bonds is 2. The van der Waals surface area contributed by atoms with Crippen LogP contribution in [-0.4, -0.2) is 9.78 Å². The Morgan fingerprint density at radius 1 is 1.29 bits per heavy atom. The van der Waals surface area contributed by atoms with Crippen LogP contribution in [0.4, 0.5) is 0 Å². The van der Waals surface area contributed by atoms with E-state index in [9.17, 15) is 0 Å². The van der Waals surface area contributed by atoms with Gasteiger partial charge in [0.2, 0.25) is 0 Å². The van der Waals surface area contributed by atoms with E-state index in [4.69, 9.17) is 5.26 Å². The molecule has 2 aromatic rings. The lowest BCUT2D eigenvalue weighted by Gasteiger charge is -2.04. The van der Waals surface area contributed by atoms with Crippen LogP contribution in [0, 0.1) is 25.2 Å². The summed E-state index contributed by atoms with van der Waals surface area (Å²) in [5, 5.41) is 13.2. The van der Waals surface area contributed by atoms with Gasteiger partial charge in [0, 0.05) is 0 Å². The Labute approximate surface area is 109 Å². The SMILES string of the molecule is Cc1nn(Cc2ccc(C#N)cc2)c(C)c1Br. The topological polar surface area (TPSA) is 41.6 Å². The van der Waals surface area contributed by atoms with E-state index in [1.807, 2.05) is 42.8 Å². The number of hydrogen-bond acceptors (Lipinski definition) is 2. The standard InChI is InChI=1S/C13H12BrN3/c1-9-13(14)10(2)17(16-9)8-12-5-3-11(7-15)4-6-12/h3-6H,8H2,1-2H3. The molecule has 0 spiro atoms. The van der Waals surface area contributed by atoms with Gasteiger partial charge in [0.1, 0.15) is 0 Å². The van der Waals surface area contributed by atoms with Crippen LogP contribution in [0.15, 0.2) is 28.7 Å². The summed E-state index contributed by atoms with van der Waals surface area (Å²) in [6, 6.07) is 9.69. The summed E-state index contributed by atoms with van der Waals surface area (Å²) in [5.74, 6) is 0. The summed E-state index contributed by atoms with van der Waals surface area (Å²) in [6.07, 6.45) is 0. The van der Waals surface area contributed by atoms with Gasteiger partial charge < -0.3 is 0 Å². The first-order chi connectivity index (χ1) is 8.11. The van der Waals surface area contributed by atoms with Gasteiger partial charge in [-0.1, -0.05) is 12.1 Å². The fourth-order valence-electron chi connectivity index (χ4n) is 1.69. The van der Waals surface area contributed by atoms with Gasteiger partial charge in [-0.3, -0.25) is 4.68 Å². The van der Waals surface area contributed by atoms with E-state index in [0.717, 1.165) is 28.0 Å². The molecular formula is C13H12BrN3. The lowest BCUT2D eigenvalue weighted by Crippen LogP contribution is -2.03. The molecule has 0 aliphatic heterocycles. The third kappa shape index (κ3) is 2.40. The number of nitrogens with zero attached hydrogens (tertiary/aromatic N) is 3. The highest BCUT2D eigenvalue weighted by Crippen LogP contribution is 2.20. The summed E-state index contributed by atoms with van der Waals surface area (Å²) in [5.41, 5.74) is 3.94. The van der Waals surface area contributed by atoms with Crippen molar-refractivity contribution in [1.82, 2.24) is 9.78 Å². The number of nitriles is 1. The van der Waals surface area contributed by atoms with Crippen LogP contribution < -0.4 is 0 Å². The maximum atomic E-state index is 8.73. The molecule has 86 valence electrons. The second-order valence-electron chi connectivity index (χ2n) is 3.95. The second kappa shape index (κ2) is 4.72. The van der Waals surface area contributed by atoms with Crippen molar-refractivity contribution < 1.29 is 0 Å². The quantitative estimate of drug-likeness (QED) is 0.852. The number of halogens is 1. The van der Waals surface area contributed by atoms with Gasteiger partial charge in [-0.05, 0) is 47.5 Å². The van der Waals surface area contributed by atoms with Crippen molar-refractivity contribution >= 4 is 15.9 Å². The van der Waals surface area contributed by atoms with Crippen molar-refractivity contribution in [3.63, 3.8) is 0 Å². The molecule has 0 bridgehead atoms. The molecule has 0 N–H and O–H groups in total. The highest BCUT2D eigenvalue weighted by Gasteiger charge is 2.08. The zero-order valence-electron chi connectivity index (χ0n) is 9.74. The van der Waals surface area contributed by atoms with E-state index in [1.165, 1.54) is 0 Å². The van der Waals surface area contributed by atoms with Gasteiger partial charge in [-0.2, -0.15) is 10.4 Å². The maximum Gasteiger partial charge on any atom is 0.0991 e. The fraction of sp³-hybridized carbons (Fsp3) is 0.231. The van der Waals surface area contributed by atoms with Crippen molar-refractivity contribution in [2.24, 2.45) is 0 Å². The van der Waals surface area contributed by atoms with Crippen LogP contribution in [0.1, 0.15) is 22.5 Å². The van der Waals surface area contributed by atoms with E-state index < -0.39 is 0 Å². The molecule has 2 rings (SSSR count). The normalized spacial score (nSPS) is 10.2. The Morgan fingerprint density at radius 3 is 2.41 bits per heavy atom. The zero-order valence-corrected chi connectivity index (χ0v) is 11.3. The third-order valence-corrected chi connectivity index (χ3v) is 3.86. The van der Waals surface area contributed by atoms with Crippen LogP contribution in [-0.2, 0) is 6.54 Å². The lowest BCUT2D eigenvalue weighted by molar-refractivity contribution is 0.658. The second-order valence-corrected chi connectivity index (χ2v) is 4.74. The predicted octanol–water partition coefficient (Wildman–Crippen LogP) is 3.18. The van der Waals surface area contributed by atoms with Gasteiger partial charge in [-0.15, -0.1) is 0 Å². The summed E-state index contributed by atoms with van der Waals surface area (Å²) in [6.45, 7) is 4.74. The first-order valence-corrected chi connectivity index (χ1v) is 6.09. The van der Waals surface area contributed by atoms with Crippen molar-refractivity contribution in [2.75, 3.05) is 0 Å². The van der Waals surface area contributed by atoms with E-state index in [1.54, 1.807) is 0 Å².